The molecule has 0 bridgehead atoms. The van der Waals surface area contributed by atoms with Crippen molar-refractivity contribution in [3.63, 3.8) is 0 Å². The monoisotopic (exact) mass is 429 g/mol. The van der Waals surface area contributed by atoms with Gasteiger partial charge in [0.2, 0.25) is 5.91 Å². The molecular formula is C21H18F3N5O2. The van der Waals surface area contributed by atoms with Crippen LogP contribution in [0.15, 0.2) is 53.3 Å². The second kappa shape index (κ2) is 7.53. The lowest BCUT2D eigenvalue weighted by atomic mass is 9.89. The topological polar surface area (TPSA) is 96.7 Å². The van der Waals surface area contributed by atoms with Crippen LogP contribution in [0.1, 0.15) is 25.2 Å². The molecule has 2 N–H and O–H groups in total. The van der Waals surface area contributed by atoms with E-state index in [-0.39, 0.29) is 18.0 Å². The third-order valence-corrected chi connectivity index (χ3v) is 5.05. The normalized spacial score (nSPS) is 12.3. The lowest BCUT2D eigenvalue weighted by Crippen LogP contribution is -2.35. The summed E-state index contributed by atoms with van der Waals surface area (Å²) in [5.41, 5.74) is 1.06. The summed E-state index contributed by atoms with van der Waals surface area (Å²) in [6, 6.07) is 10.4. The van der Waals surface area contributed by atoms with Crippen molar-refractivity contribution < 1.29 is 22.5 Å². The fourth-order valence-electron chi connectivity index (χ4n) is 2.95. The maximum atomic E-state index is 13.1. The molecule has 0 aliphatic carbocycles. The first-order chi connectivity index (χ1) is 14.6. The van der Waals surface area contributed by atoms with Crippen molar-refractivity contribution in [1.29, 1.82) is 0 Å². The molecule has 31 heavy (non-hydrogen) atoms. The number of hydrogen-bond donors (Lipinski definition) is 2. The molecule has 4 aromatic rings. The minimum Gasteiger partial charge on any atom is -0.358 e. The molecule has 0 saturated carbocycles. The molecule has 1 amide bonds. The average Bonchev–Trinajstić information content (AvgIpc) is 3.36. The molecule has 0 aliphatic heterocycles. The molecule has 0 fully saturated rings. The van der Waals surface area contributed by atoms with E-state index in [2.05, 4.69) is 25.7 Å². The van der Waals surface area contributed by atoms with Crippen LogP contribution in [0.3, 0.4) is 0 Å². The van der Waals surface area contributed by atoms with Crippen LogP contribution in [0.5, 0.6) is 0 Å². The summed E-state index contributed by atoms with van der Waals surface area (Å²) in [4.78, 5) is 16.6. The molecule has 3 heterocycles. The average molecular weight is 429 g/mol. The molecule has 0 unspecified atom stereocenters. The number of fused-ring (bicyclic) bond motifs is 1. The highest BCUT2D eigenvalue weighted by molar-refractivity contribution is 5.91. The number of hydrogen-bond acceptors (Lipinski definition) is 5. The third-order valence-electron chi connectivity index (χ3n) is 5.05. The van der Waals surface area contributed by atoms with Crippen LogP contribution < -0.4 is 5.32 Å². The van der Waals surface area contributed by atoms with Crippen LogP contribution in [0.2, 0.25) is 0 Å². The number of carbonyl (C=O) groups excluding carboxylic acids is 1. The number of pyridine rings is 1. The van der Waals surface area contributed by atoms with Crippen molar-refractivity contribution >= 4 is 22.8 Å². The zero-order valence-electron chi connectivity index (χ0n) is 16.6. The molecule has 10 heteroatoms. The number of nitrogens with one attached hydrogen (secondary N) is 2. The Morgan fingerprint density at radius 2 is 1.84 bits per heavy atom. The van der Waals surface area contributed by atoms with Gasteiger partial charge in [0.15, 0.2) is 17.2 Å². The fourth-order valence-corrected chi connectivity index (χ4v) is 2.95. The molecule has 0 saturated heterocycles. The number of alkyl halides is 3. The fraction of sp³-hybridized carbons (Fsp3) is 0.238. The maximum Gasteiger partial charge on any atom is 0.401 e. The van der Waals surface area contributed by atoms with Gasteiger partial charge < -0.3 is 9.84 Å². The first-order valence-electron chi connectivity index (χ1n) is 9.36. The Bertz CT molecular complexity index is 1230. The van der Waals surface area contributed by atoms with Gasteiger partial charge in [-0.15, -0.1) is 0 Å². The summed E-state index contributed by atoms with van der Waals surface area (Å²) in [5.74, 6) is -0.852. The number of amides is 1. The molecule has 0 atom stereocenters. The van der Waals surface area contributed by atoms with E-state index < -0.39 is 17.5 Å². The molecule has 7 nitrogen and oxygen atoms in total. The van der Waals surface area contributed by atoms with Gasteiger partial charge in [-0.1, -0.05) is 29.4 Å². The number of nitrogens with zero attached hydrogens (tertiary/aromatic N) is 3. The summed E-state index contributed by atoms with van der Waals surface area (Å²) < 4.78 is 44.1. The van der Waals surface area contributed by atoms with E-state index in [0.29, 0.717) is 5.65 Å². The van der Waals surface area contributed by atoms with Crippen molar-refractivity contribution in [2.45, 2.75) is 31.9 Å². The summed E-state index contributed by atoms with van der Waals surface area (Å²) in [6.45, 7) is 1.97. The number of anilines is 1. The van der Waals surface area contributed by atoms with Gasteiger partial charge in [0.25, 0.3) is 0 Å². The summed E-state index contributed by atoms with van der Waals surface area (Å²) in [5, 5.41) is 13.6. The maximum absolute atomic E-state index is 13.1. The molecule has 0 radical (unpaired) electrons. The summed E-state index contributed by atoms with van der Waals surface area (Å²) in [7, 11) is 0. The van der Waals surface area contributed by atoms with E-state index in [0.717, 1.165) is 42.0 Å². The van der Waals surface area contributed by atoms with E-state index in [9.17, 15) is 18.0 Å². The van der Waals surface area contributed by atoms with Gasteiger partial charge in [-0.25, -0.2) is 4.98 Å². The van der Waals surface area contributed by atoms with Crippen molar-refractivity contribution in [3.8, 4) is 11.1 Å². The van der Waals surface area contributed by atoms with Gasteiger partial charge >= 0.3 is 6.18 Å². The van der Waals surface area contributed by atoms with Crippen LogP contribution in [-0.2, 0) is 16.6 Å². The van der Waals surface area contributed by atoms with Crippen LogP contribution >= 0.6 is 0 Å². The highest BCUT2D eigenvalue weighted by atomic mass is 19.4. The molecule has 0 aliphatic rings. The Morgan fingerprint density at radius 1 is 1.10 bits per heavy atom. The lowest BCUT2D eigenvalue weighted by molar-refractivity contribution is -0.185. The second-order valence-electron chi connectivity index (χ2n) is 7.65. The smallest absolute Gasteiger partial charge is 0.358 e. The van der Waals surface area contributed by atoms with E-state index in [1.807, 2.05) is 18.2 Å². The number of aromatic nitrogens is 4. The van der Waals surface area contributed by atoms with Gasteiger partial charge in [0.1, 0.15) is 5.41 Å². The first kappa shape index (κ1) is 20.6. The molecule has 1 aromatic carbocycles. The van der Waals surface area contributed by atoms with Crippen LogP contribution in [-0.4, -0.2) is 32.4 Å². The van der Waals surface area contributed by atoms with E-state index in [1.54, 1.807) is 24.5 Å². The zero-order chi connectivity index (χ0) is 22.2. The minimum atomic E-state index is -4.51. The Labute approximate surface area is 174 Å². The largest absolute Gasteiger partial charge is 0.401 e. The Morgan fingerprint density at radius 3 is 2.55 bits per heavy atom. The van der Waals surface area contributed by atoms with Gasteiger partial charge in [0.05, 0.1) is 12.6 Å². The molecule has 3 aromatic heterocycles. The summed E-state index contributed by atoms with van der Waals surface area (Å²) >= 11 is 0. The second-order valence-corrected chi connectivity index (χ2v) is 7.65. The Hall–Kier alpha value is -3.69. The Balaban J connectivity index is 1.41. The van der Waals surface area contributed by atoms with Crippen LogP contribution in [0.25, 0.3) is 22.2 Å². The predicted molar refractivity (Wildman–Crippen MR) is 107 cm³/mol. The number of halogens is 3. The quantitative estimate of drug-likeness (QED) is 0.482. The number of benzene rings is 1. The van der Waals surface area contributed by atoms with Gasteiger partial charge in [-0.3, -0.25) is 9.89 Å². The number of H-pyrrole nitrogens is 1. The minimum absolute atomic E-state index is 0.0319. The van der Waals surface area contributed by atoms with E-state index in [4.69, 9.17) is 4.52 Å². The van der Waals surface area contributed by atoms with Crippen LogP contribution in [0, 0.1) is 0 Å². The SMILES string of the molecule is CC(C)(c1cc(NC(=O)Cc2ccc(-c3cnc4[nH]ncc4c3)cc2)no1)C(F)(F)F. The van der Waals surface area contributed by atoms with Gasteiger partial charge in [-0.05, 0) is 31.0 Å². The van der Waals surface area contributed by atoms with Crippen molar-refractivity contribution in [2.75, 3.05) is 5.32 Å². The van der Waals surface area contributed by atoms with Gasteiger partial charge in [0, 0.05) is 23.2 Å². The van der Waals surface area contributed by atoms with Crippen molar-refractivity contribution in [2.24, 2.45) is 0 Å². The molecule has 160 valence electrons. The lowest BCUT2D eigenvalue weighted by Gasteiger charge is -2.24. The van der Waals surface area contributed by atoms with Crippen LogP contribution in [0.4, 0.5) is 19.0 Å². The Kier molecular flexibility index (Phi) is 5.00. The molecular weight excluding hydrogens is 411 g/mol. The highest BCUT2D eigenvalue weighted by Gasteiger charge is 2.51. The third kappa shape index (κ3) is 4.14. The predicted octanol–water partition coefficient (Wildman–Crippen LogP) is 4.63. The number of carbonyl (C=O) groups is 1. The van der Waals surface area contributed by atoms with E-state index in [1.165, 1.54) is 0 Å². The first-order valence-corrected chi connectivity index (χ1v) is 9.36. The number of aromatic amines is 1. The molecule has 4 rings (SSSR count). The van der Waals surface area contributed by atoms with Crippen molar-refractivity contribution in [3.05, 3.63) is 60.1 Å². The number of rotatable bonds is 5. The van der Waals surface area contributed by atoms with Crippen molar-refractivity contribution in [1.82, 2.24) is 20.3 Å². The zero-order valence-corrected chi connectivity index (χ0v) is 16.6. The molecule has 0 spiro atoms. The highest BCUT2D eigenvalue weighted by Crippen LogP contribution is 2.41. The standard InChI is InChI=1S/C21H18F3N5O2/c1-20(2,21(22,23)24)16-9-17(29-31-16)27-18(30)7-12-3-5-13(6-4-12)14-8-15-11-26-28-19(15)25-10-14/h3-6,8-11H,7H2,1-2H3,(H,25,26,28)(H,27,29,30). The van der Waals surface area contributed by atoms with E-state index >= 15 is 0 Å². The van der Waals surface area contributed by atoms with Gasteiger partial charge in [-0.2, -0.15) is 18.3 Å². The summed E-state index contributed by atoms with van der Waals surface area (Å²) in [6.07, 6.45) is -1.06.